The highest BCUT2D eigenvalue weighted by molar-refractivity contribution is 5.96. The van der Waals surface area contributed by atoms with E-state index in [1.165, 1.54) is 0 Å². The van der Waals surface area contributed by atoms with Crippen LogP contribution in [0.2, 0.25) is 0 Å². The third-order valence-corrected chi connectivity index (χ3v) is 3.77. The van der Waals surface area contributed by atoms with Gasteiger partial charge < -0.3 is 10.1 Å². The van der Waals surface area contributed by atoms with Crippen LogP contribution in [0.4, 0.5) is 4.79 Å². The molecular formula is C21H24N2O4. The van der Waals surface area contributed by atoms with Gasteiger partial charge in [-0.05, 0) is 17.0 Å². The van der Waals surface area contributed by atoms with Crippen molar-refractivity contribution in [2.24, 2.45) is 5.92 Å². The summed E-state index contributed by atoms with van der Waals surface area (Å²) in [7, 11) is 0. The van der Waals surface area contributed by atoms with Crippen LogP contribution < -0.4 is 10.6 Å². The van der Waals surface area contributed by atoms with E-state index in [-0.39, 0.29) is 5.92 Å². The van der Waals surface area contributed by atoms with E-state index in [4.69, 9.17) is 4.74 Å². The Bertz CT molecular complexity index is 721. The lowest BCUT2D eigenvalue weighted by Crippen LogP contribution is -2.42. The van der Waals surface area contributed by atoms with Crippen molar-refractivity contribution < 1.29 is 19.1 Å². The van der Waals surface area contributed by atoms with Crippen molar-refractivity contribution >= 4 is 17.9 Å². The number of amides is 3. The van der Waals surface area contributed by atoms with Crippen molar-refractivity contribution in [2.45, 2.75) is 19.8 Å². The maximum Gasteiger partial charge on any atom is 0.321 e. The number of ether oxygens (including phenoxy) is 1. The van der Waals surface area contributed by atoms with Gasteiger partial charge in [-0.1, -0.05) is 74.5 Å². The first-order valence-electron chi connectivity index (χ1n) is 8.81. The summed E-state index contributed by atoms with van der Waals surface area (Å²) in [4.78, 5) is 36.1. The Labute approximate surface area is 158 Å². The molecule has 0 unspecified atom stereocenters. The first-order valence-corrected chi connectivity index (χ1v) is 8.81. The highest BCUT2D eigenvalue weighted by Crippen LogP contribution is 2.25. The standard InChI is InChI=1S/C21H24N2O4/c1-15(2)13-22-21(26)23-18(24)14-27-20(25)19(16-9-5-3-6-10-16)17-11-7-4-8-12-17/h3-12,15,19H,13-14H2,1-2H3,(H2,22,23,24,26). The molecule has 3 amide bonds. The molecule has 0 aromatic heterocycles. The lowest BCUT2D eigenvalue weighted by Gasteiger charge is -2.17. The number of benzene rings is 2. The van der Waals surface area contributed by atoms with Gasteiger partial charge in [0.1, 0.15) is 5.92 Å². The molecule has 142 valence electrons. The Morgan fingerprint density at radius 3 is 1.89 bits per heavy atom. The number of imide groups is 1. The molecule has 6 nitrogen and oxygen atoms in total. The fourth-order valence-corrected chi connectivity index (χ4v) is 2.48. The molecule has 2 aromatic carbocycles. The van der Waals surface area contributed by atoms with E-state index in [1.54, 1.807) is 0 Å². The molecule has 0 heterocycles. The molecule has 0 saturated heterocycles. The van der Waals surface area contributed by atoms with Crippen LogP contribution in [-0.2, 0) is 14.3 Å². The molecule has 0 spiro atoms. The van der Waals surface area contributed by atoms with Crippen molar-refractivity contribution in [3.8, 4) is 0 Å². The van der Waals surface area contributed by atoms with Crippen LogP contribution in [-0.4, -0.2) is 31.1 Å². The summed E-state index contributed by atoms with van der Waals surface area (Å²) in [6.07, 6.45) is 0. The number of rotatable bonds is 7. The molecule has 27 heavy (non-hydrogen) atoms. The van der Waals surface area contributed by atoms with Crippen LogP contribution in [0.3, 0.4) is 0 Å². The van der Waals surface area contributed by atoms with Crippen LogP contribution in [0.25, 0.3) is 0 Å². The van der Waals surface area contributed by atoms with Crippen LogP contribution >= 0.6 is 0 Å². The van der Waals surface area contributed by atoms with Gasteiger partial charge in [0.2, 0.25) is 0 Å². The van der Waals surface area contributed by atoms with E-state index < -0.39 is 30.4 Å². The minimum atomic E-state index is -0.676. The molecule has 0 bridgehead atoms. The smallest absolute Gasteiger partial charge is 0.321 e. The van der Waals surface area contributed by atoms with Crippen LogP contribution in [0.5, 0.6) is 0 Å². The molecule has 2 rings (SSSR count). The van der Waals surface area contributed by atoms with E-state index in [1.807, 2.05) is 74.5 Å². The fraction of sp³-hybridized carbons (Fsp3) is 0.286. The summed E-state index contributed by atoms with van der Waals surface area (Å²) >= 11 is 0. The molecule has 0 aliphatic carbocycles. The van der Waals surface area contributed by atoms with Gasteiger partial charge in [0.25, 0.3) is 5.91 Å². The van der Waals surface area contributed by atoms with Crippen molar-refractivity contribution in [3.05, 3.63) is 71.8 Å². The van der Waals surface area contributed by atoms with Gasteiger partial charge in [-0.2, -0.15) is 0 Å². The highest BCUT2D eigenvalue weighted by atomic mass is 16.5. The Hall–Kier alpha value is -3.15. The van der Waals surface area contributed by atoms with Gasteiger partial charge in [-0.15, -0.1) is 0 Å². The number of carbonyl (C=O) groups excluding carboxylic acids is 3. The Morgan fingerprint density at radius 1 is 0.889 bits per heavy atom. The van der Waals surface area contributed by atoms with Crippen LogP contribution in [0.1, 0.15) is 30.9 Å². The van der Waals surface area contributed by atoms with Gasteiger partial charge in [0.15, 0.2) is 6.61 Å². The quantitative estimate of drug-likeness (QED) is 0.736. The third kappa shape index (κ3) is 6.58. The lowest BCUT2D eigenvalue weighted by atomic mass is 9.91. The number of esters is 1. The van der Waals surface area contributed by atoms with Gasteiger partial charge in [-0.25, -0.2) is 4.79 Å². The van der Waals surface area contributed by atoms with Gasteiger partial charge >= 0.3 is 12.0 Å². The summed E-state index contributed by atoms with van der Waals surface area (Å²) in [6, 6.07) is 17.8. The molecule has 2 N–H and O–H groups in total. The van der Waals surface area contributed by atoms with Crippen molar-refractivity contribution in [2.75, 3.05) is 13.2 Å². The largest absolute Gasteiger partial charge is 0.455 e. The zero-order valence-corrected chi connectivity index (χ0v) is 15.5. The maximum atomic E-state index is 12.6. The molecule has 6 heteroatoms. The summed E-state index contributed by atoms with van der Waals surface area (Å²) in [5, 5.41) is 4.71. The SMILES string of the molecule is CC(C)CNC(=O)NC(=O)COC(=O)C(c1ccccc1)c1ccccc1. The Balaban J connectivity index is 1.98. The molecule has 0 fully saturated rings. The molecule has 2 aromatic rings. The van der Waals surface area contributed by atoms with Crippen molar-refractivity contribution in [3.63, 3.8) is 0 Å². The zero-order valence-electron chi connectivity index (χ0n) is 15.5. The van der Waals surface area contributed by atoms with Gasteiger partial charge in [-0.3, -0.25) is 14.9 Å². The van der Waals surface area contributed by atoms with Crippen molar-refractivity contribution in [1.29, 1.82) is 0 Å². The number of hydrogen-bond donors (Lipinski definition) is 2. The summed E-state index contributed by atoms with van der Waals surface area (Å²) in [5.41, 5.74) is 1.53. The maximum absolute atomic E-state index is 12.6. The highest BCUT2D eigenvalue weighted by Gasteiger charge is 2.25. The number of hydrogen-bond acceptors (Lipinski definition) is 4. The minimum absolute atomic E-state index is 0.265. The Kier molecular flexibility index (Phi) is 7.55. The minimum Gasteiger partial charge on any atom is -0.455 e. The number of urea groups is 1. The van der Waals surface area contributed by atoms with Crippen LogP contribution in [0.15, 0.2) is 60.7 Å². The molecular weight excluding hydrogens is 344 g/mol. The van der Waals surface area contributed by atoms with Gasteiger partial charge in [0.05, 0.1) is 0 Å². The number of carbonyl (C=O) groups is 3. The van der Waals surface area contributed by atoms with E-state index in [9.17, 15) is 14.4 Å². The predicted molar refractivity (Wildman–Crippen MR) is 102 cm³/mol. The molecule has 0 aliphatic heterocycles. The molecule has 0 atom stereocenters. The second kappa shape index (κ2) is 10.1. The average Bonchev–Trinajstić information content (AvgIpc) is 2.67. The van der Waals surface area contributed by atoms with E-state index in [0.29, 0.717) is 6.54 Å². The summed E-state index contributed by atoms with van der Waals surface area (Å²) in [6.45, 7) is 3.81. The fourth-order valence-electron chi connectivity index (χ4n) is 2.48. The van der Waals surface area contributed by atoms with Gasteiger partial charge in [0, 0.05) is 6.54 Å². The topological polar surface area (TPSA) is 84.5 Å². The number of nitrogens with one attached hydrogen (secondary N) is 2. The lowest BCUT2D eigenvalue weighted by molar-refractivity contribution is -0.148. The van der Waals surface area contributed by atoms with E-state index in [2.05, 4.69) is 10.6 Å². The first-order chi connectivity index (χ1) is 13.0. The predicted octanol–water partition coefficient (Wildman–Crippen LogP) is 2.84. The van der Waals surface area contributed by atoms with E-state index >= 15 is 0 Å². The van der Waals surface area contributed by atoms with E-state index in [0.717, 1.165) is 11.1 Å². The molecule has 0 aliphatic rings. The summed E-state index contributed by atoms with van der Waals surface area (Å²) in [5.74, 6) is -1.61. The average molecular weight is 368 g/mol. The second-order valence-corrected chi connectivity index (χ2v) is 6.51. The molecule has 0 radical (unpaired) electrons. The normalized spacial score (nSPS) is 10.5. The molecule has 0 saturated carbocycles. The zero-order chi connectivity index (χ0) is 19.6. The third-order valence-electron chi connectivity index (χ3n) is 3.77. The van der Waals surface area contributed by atoms with Crippen molar-refractivity contribution in [1.82, 2.24) is 10.6 Å². The first kappa shape index (κ1) is 20.2. The summed E-state index contributed by atoms with van der Waals surface area (Å²) < 4.78 is 5.17. The monoisotopic (exact) mass is 368 g/mol. The second-order valence-electron chi connectivity index (χ2n) is 6.51. The Morgan fingerprint density at radius 2 is 1.41 bits per heavy atom. The van der Waals surface area contributed by atoms with Crippen LogP contribution in [0, 0.1) is 5.92 Å².